The van der Waals surface area contributed by atoms with Gasteiger partial charge < -0.3 is 10.2 Å². The number of Topliss-reactive ketones (excluding diaryl/α,β-unsaturated/α-hetero) is 2. The smallest absolute Gasteiger partial charge is 0.352 e. The maximum absolute atomic E-state index is 12.9. The molecule has 1 aliphatic heterocycles. The fourth-order valence-electron chi connectivity index (χ4n) is 4.12. The fraction of sp³-hybridized carbons (Fsp3) is 0.385. The number of nitrogens with zero attached hydrogens (tertiary/aromatic N) is 1. The van der Waals surface area contributed by atoms with Crippen LogP contribution in [-0.4, -0.2) is 34.3 Å². The largest absolute Gasteiger partial charge is 0.416 e. The molecule has 3 rings (SSSR count). The quantitative estimate of drug-likeness (QED) is 0.542. The monoisotopic (exact) mass is 488 g/mol. The molecular weight excluding hydrogens is 461 g/mol. The number of fused-ring (bicyclic) bond motifs is 1. The highest BCUT2D eigenvalue weighted by atomic mass is 19.4. The van der Waals surface area contributed by atoms with E-state index in [2.05, 4.69) is 5.32 Å². The number of hydrogen-bond acceptors (Lipinski definition) is 4. The van der Waals surface area contributed by atoms with E-state index in [4.69, 9.17) is 0 Å². The van der Waals surface area contributed by atoms with Gasteiger partial charge in [-0.2, -0.15) is 13.2 Å². The van der Waals surface area contributed by atoms with Gasteiger partial charge in [-0.1, -0.05) is 31.2 Å². The van der Waals surface area contributed by atoms with Gasteiger partial charge in [0, 0.05) is 31.5 Å². The number of carbonyl (C=O) groups is 4. The first-order valence-electron chi connectivity index (χ1n) is 11.4. The van der Waals surface area contributed by atoms with E-state index in [1.165, 1.54) is 24.0 Å². The molecule has 35 heavy (non-hydrogen) atoms. The highest BCUT2D eigenvalue weighted by Gasteiger charge is 2.35. The molecule has 0 spiro atoms. The van der Waals surface area contributed by atoms with E-state index in [9.17, 15) is 32.3 Å². The van der Waals surface area contributed by atoms with Gasteiger partial charge in [0.15, 0.2) is 5.78 Å². The molecule has 9 heteroatoms. The Labute approximate surface area is 201 Å². The van der Waals surface area contributed by atoms with Crippen LogP contribution in [0.25, 0.3) is 0 Å². The first-order valence-corrected chi connectivity index (χ1v) is 11.4. The van der Waals surface area contributed by atoms with Crippen molar-refractivity contribution in [1.29, 1.82) is 0 Å². The molecule has 1 heterocycles. The van der Waals surface area contributed by atoms with E-state index >= 15 is 0 Å². The summed E-state index contributed by atoms with van der Waals surface area (Å²) in [5.41, 5.74) is 1.33. The number of ketones is 2. The Balaban J connectivity index is 1.63. The van der Waals surface area contributed by atoms with Crippen molar-refractivity contribution >= 4 is 23.4 Å². The van der Waals surface area contributed by atoms with Gasteiger partial charge in [0.2, 0.25) is 5.91 Å². The molecule has 0 bridgehead atoms. The number of halogens is 3. The van der Waals surface area contributed by atoms with Gasteiger partial charge in [-0.15, -0.1) is 0 Å². The second-order valence-corrected chi connectivity index (χ2v) is 8.63. The van der Waals surface area contributed by atoms with Crippen LogP contribution < -0.4 is 5.32 Å². The third-order valence-corrected chi connectivity index (χ3v) is 6.05. The van der Waals surface area contributed by atoms with Crippen molar-refractivity contribution < 1.29 is 32.3 Å². The number of carbonyl (C=O) groups excluding carboxylic acids is 4. The zero-order valence-corrected chi connectivity index (χ0v) is 19.6. The zero-order chi connectivity index (χ0) is 25.8. The van der Waals surface area contributed by atoms with Gasteiger partial charge in [0.05, 0.1) is 18.0 Å². The van der Waals surface area contributed by atoms with E-state index < -0.39 is 17.8 Å². The number of amides is 2. The summed E-state index contributed by atoms with van der Waals surface area (Å²) >= 11 is 0. The van der Waals surface area contributed by atoms with Gasteiger partial charge in [-0.3, -0.25) is 19.2 Å². The van der Waals surface area contributed by atoms with Crippen molar-refractivity contribution in [3.8, 4) is 0 Å². The Morgan fingerprint density at radius 1 is 1.09 bits per heavy atom. The minimum absolute atomic E-state index is 0.0123. The predicted octanol–water partition coefficient (Wildman–Crippen LogP) is 4.24. The number of alkyl halides is 3. The van der Waals surface area contributed by atoms with Crippen molar-refractivity contribution in [2.75, 3.05) is 0 Å². The van der Waals surface area contributed by atoms with Crippen LogP contribution in [0.15, 0.2) is 42.5 Å². The van der Waals surface area contributed by atoms with Gasteiger partial charge in [0.1, 0.15) is 5.78 Å². The van der Waals surface area contributed by atoms with Crippen LogP contribution >= 0.6 is 0 Å². The first kappa shape index (κ1) is 26.1. The number of nitrogens with one attached hydrogen (secondary N) is 1. The molecule has 0 saturated heterocycles. The number of hydrogen-bond donors (Lipinski definition) is 1. The molecule has 0 aromatic heterocycles. The van der Waals surface area contributed by atoms with Crippen molar-refractivity contribution in [3.05, 3.63) is 70.3 Å². The highest BCUT2D eigenvalue weighted by molar-refractivity contribution is 6.01. The molecule has 0 saturated carbocycles. The van der Waals surface area contributed by atoms with Crippen molar-refractivity contribution in [2.24, 2.45) is 0 Å². The third-order valence-electron chi connectivity index (χ3n) is 6.05. The van der Waals surface area contributed by atoms with Crippen LogP contribution in [-0.2, 0) is 40.1 Å². The molecule has 0 aliphatic carbocycles. The Bertz CT molecular complexity index is 1140. The third kappa shape index (κ3) is 6.55. The van der Waals surface area contributed by atoms with E-state index in [0.717, 1.165) is 12.1 Å². The molecule has 2 aromatic rings. The number of benzene rings is 2. The van der Waals surface area contributed by atoms with Crippen LogP contribution in [0.1, 0.15) is 65.7 Å². The summed E-state index contributed by atoms with van der Waals surface area (Å²) in [4.78, 5) is 50.6. The Morgan fingerprint density at radius 2 is 1.83 bits per heavy atom. The summed E-state index contributed by atoms with van der Waals surface area (Å²) in [6.07, 6.45) is -3.60. The van der Waals surface area contributed by atoms with Crippen LogP contribution in [0.5, 0.6) is 0 Å². The molecule has 1 atom stereocenters. The molecule has 2 amide bonds. The molecule has 186 valence electrons. The minimum Gasteiger partial charge on any atom is -0.352 e. The van der Waals surface area contributed by atoms with Crippen LogP contribution in [0.4, 0.5) is 13.2 Å². The number of rotatable bonds is 10. The van der Waals surface area contributed by atoms with Crippen molar-refractivity contribution in [1.82, 2.24) is 10.2 Å². The lowest BCUT2D eigenvalue weighted by molar-refractivity contribution is -0.137. The van der Waals surface area contributed by atoms with Crippen molar-refractivity contribution in [3.63, 3.8) is 0 Å². The van der Waals surface area contributed by atoms with E-state index in [1.807, 2.05) is 0 Å². The van der Waals surface area contributed by atoms with E-state index in [1.54, 1.807) is 25.1 Å². The standard InChI is InChI=1S/C26H27F3N2O4/c1-3-21(33)8-10-23(16(2)32)31-15-19-11-17(7-9-22(19)25(31)35)13-24(34)30-14-18-5-4-6-20(12-18)26(27,28)29/h4-7,9,11-12,23H,3,8,10,13-15H2,1-2H3,(H,30,34). The normalized spacial score (nSPS) is 14.0. The lowest BCUT2D eigenvalue weighted by Crippen LogP contribution is -2.40. The second-order valence-electron chi connectivity index (χ2n) is 8.63. The molecule has 1 unspecified atom stereocenters. The summed E-state index contributed by atoms with van der Waals surface area (Å²) < 4.78 is 38.6. The summed E-state index contributed by atoms with van der Waals surface area (Å²) in [5, 5.41) is 2.62. The maximum atomic E-state index is 12.9. The average Bonchev–Trinajstić information content (AvgIpc) is 3.12. The summed E-state index contributed by atoms with van der Waals surface area (Å²) in [5.74, 6) is -0.823. The molecular formula is C26H27F3N2O4. The molecule has 1 N–H and O–H groups in total. The first-order chi connectivity index (χ1) is 16.5. The van der Waals surface area contributed by atoms with Gasteiger partial charge in [0.25, 0.3) is 5.91 Å². The molecule has 2 aromatic carbocycles. The molecule has 0 fully saturated rings. The van der Waals surface area contributed by atoms with E-state index in [0.29, 0.717) is 28.7 Å². The predicted molar refractivity (Wildman–Crippen MR) is 122 cm³/mol. The van der Waals surface area contributed by atoms with Gasteiger partial charge in [-0.25, -0.2) is 0 Å². The summed E-state index contributed by atoms with van der Waals surface area (Å²) in [6.45, 7) is 3.31. The Morgan fingerprint density at radius 3 is 2.49 bits per heavy atom. The Kier molecular flexibility index (Phi) is 8.09. The van der Waals surface area contributed by atoms with Crippen LogP contribution in [0.2, 0.25) is 0 Å². The van der Waals surface area contributed by atoms with Gasteiger partial charge in [-0.05, 0) is 48.2 Å². The maximum Gasteiger partial charge on any atom is 0.416 e. The summed E-state index contributed by atoms with van der Waals surface area (Å²) in [7, 11) is 0. The molecule has 1 aliphatic rings. The SMILES string of the molecule is CCC(=O)CCC(C(C)=O)N1Cc2cc(CC(=O)NCc3cccc(C(F)(F)F)c3)ccc2C1=O. The molecule has 0 radical (unpaired) electrons. The fourth-order valence-corrected chi connectivity index (χ4v) is 4.12. The summed E-state index contributed by atoms with van der Waals surface area (Å²) in [6, 6.07) is 9.06. The topological polar surface area (TPSA) is 83.6 Å². The zero-order valence-electron chi connectivity index (χ0n) is 19.6. The Hall–Kier alpha value is -3.49. The average molecular weight is 489 g/mol. The van der Waals surface area contributed by atoms with E-state index in [-0.39, 0.29) is 55.7 Å². The van der Waals surface area contributed by atoms with Gasteiger partial charge >= 0.3 is 6.18 Å². The second kappa shape index (κ2) is 10.8. The van der Waals surface area contributed by atoms with Crippen molar-refractivity contribution in [2.45, 2.75) is 64.8 Å². The lowest BCUT2D eigenvalue weighted by atomic mass is 10.0. The minimum atomic E-state index is -4.46. The van der Waals surface area contributed by atoms with Crippen LogP contribution in [0, 0.1) is 0 Å². The lowest BCUT2D eigenvalue weighted by Gasteiger charge is -2.25. The molecule has 6 nitrogen and oxygen atoms in total. The highest BCUT2D eigenvalue weighted by Crippen LogP contribution is 2.30. The van der Waals surface area contributed by atoms with Crippen LogP contribution in [0.3, 0.4) is 0 Å².